The highest BCUT2D eigenvalue weighted by molar-refractivity contribution is 6.67. The Morgan fingerprint density at radius 2 is 0.737 bits per heavy atom. The molecule has 0 aliphatic heterocycles. The molecule has 3 aromatic rings. The standard InChI is InChI=1S/C24H14Cl6N2O6/c25-23(26,27)17-9-5-15(6-10-17)21(35)37-31-19(33)13-1-2-14(4-3-13)20(34)32-38-22(36)16-7-11-18(12-8-16)24(28,29)30/h1-12H,(H,31,33)(H,32,34). The van der Waals surface area contributed by atoms with Crippen LogP contribution in [0.3, 0.4) is 0 Å². The van der Waals surface area contributed by atoms with Gasteiger partial charge in [-0.1, -0.05) is 93.9 Å². The molecule has 3 aromatic carbocycles. The summed E-state index contributed by atoms with van der Waals surface area (Å²) >= 11 is 34.6. The van der Waals surface area contributed by atoms with Gasteiger partial charge in [-0.15, -0.1) is 0 Å². The van der Waals surface area contributed by atoms with Crippen molar-refractivity contribution < 1.29 is 28.9 Å². The fourth-order valence-electron chi connectivity index (χ4n) is 2.78. The van der Waals surface area contributed by atoms with Crippen LogP contribution in [0.5, 0.6) is 0 Å². The van der Waals surface area contributed by atoms with E-state index in [2.05, 4.69) is 0 Å². The second kappa shape index (κ2) is 12.4. The molecule has 3 rings (SSSR count). The van der Waals surface area contributed by atoms with Gasteiger partial charge < -0.3 is 9.68 Å². The van der Waals surface area contributed by atoms with Gasteiger partial charge in [0.1, 0.15) is 0 Å². The van der Waals surface area contributed by atoms with Crippen molar-refractivity contribution >= 4 is 93.4 Å². The summed E-state index contributed by atoms with van der Waals surface area (Å²) in [7, 11) is 0. The van der Waals surface area contributed by atoms with Crippen molar-refractivity contribution in [2.24, 2.45) is 0 Å². The van der Waals surface area contributed by atoms with E-state index in [1.807, 2.05) is 11.0 Å². The zero-order valence-electron chi connectivity index (χ0n) is 18.6. The summed E-state index contributed by atoms with van der Waals surface area (Å²) in [6.45, 7) is 0. The molecule has 0 bridgehead atoms. The van der Waals surface area contributed by atoms with Crippen molar-refractivity contribution in [1.82, 2.24) is 11.0 Å². The van der Waals surface area contributed by atoms with Gasteiger partial charge in [-0.2, -0.15) is 11.0 Å². The van der Waals surface area contributed by atoms with Crippen molar-refractivity contribution in [3.05, 3.63) is 106 Å². The minimum Gasteiger partial charge on any atom is -0.335 e. The van der Waals surface area contributed by atoms with Crippen LogP contribution in [0.2, 0.25) is 0 Å². The van der Waals surface area contributed by atoms with E-state index in [0.717, 1.165) is 0 Å². The van der Waals surface area contributed by atoms with Crippen LogP contribution in [0.1, 0.15) is 52.6 Å². The lowest BCUT2D eigenvalue weighted by Gasteiger charge is -2.11. The molecular formula is C24H14Cl6N2O6. The molecule has 0 aliphatic rings. The normalized spacial score (nSPS) is 11.3. The minimum absolute atomic E-state index is 0.0759. The summed E-state index contributed by atoms with van der Waals surface area (Å²) in [4.78, 5) is 58.4. The molecule has 0 aromatic heterocycles. The summed E-state index contributed by atoms with van der Waals surface area (Å²) in [6, 6.07) is 16.4. The molecule has 0 radical (unpaired) electrons. The monoisotopic (exact) mass is 636 g/mol. The topological polar surface area (TPSA) is 111 Å². The average Bonchev–Trinajstić information content (AvgIpc) is 2.89. The number of carbonyl (C=O) groups excluding carboxylic acids is 4. The number of benzene rings is 3. The summed E-state index contributed by atoms with van der Waals surface area (Å²) in [6.07, 6.45) is 0. The maximum atomic E-state index is 12.3. The maximum Gasteiger partial charge on any atom is 0.362 e. The molecule has 0 unspecified atom stereocenters. The maximum absolute atomic E-state index is 12.3. The quantitative estimate of drug-likeness (QED) is 0.255. The Labute approximate surface area is 245 Å². The Morgan fingerprint density at radius 3 is 1.00 bits per heavy atom. The number of amides is 2. The van der Waals surface area contributed by atoms with E-state index in [1.54, 1.807) is 0 Å². The first-order valence-corrected chi connectivity index (χ1v) is 12.5. The molecule has 0 saturated heterocycles. The Hall–Kier alpha value is -2.72. The van der Waals surface area contributed by atoms with Gasteiger partial charge in [0.2, 0.25) is 7.59 Å². The molecule has 0 atom stereocenters. The third kappa shape index (κ3) is 8.14. The lowest BCUT2D eigenvalue weighted by atomic mass is 10.1. The van der Waals surface area contributed by atoms with Crippen LogP contribution in [-0.4, -0.2) is 23.8 Å². The van der Waals surface area contributed by atoms with Gasteiger partial charge in [0, 0.05) is 22.3 Å². The summed E-state index contributed by atoms with van der Waals surface area (Å²) in [5, 5.41) is 0. The average molecular weight is 639 g/mol. The summed E-state index contributed by atoms with van der Waals surface area (Å²) < 4.78 is -3.30. The highest BCUT2D eigenvalue weighted by atomic mass is 35.6. The Bertz CT molecular complexity index is 1230. The van der Waals surface area contributed by atoms with Gasteiger partial charge in [-0.05, 0) is 48.5 Å². The third-order valence-corrected chi connectivity index (χ3v) is 6.09. The molecule has 14 heteroatoms. The van der Waals surface area contributed by atoms with E-state index in [4.69, 9.17) is 79.3 Å². The van der Waals surface area contributed by atoms with E-state index in [1.165, 1.54) is 72.8 Å². The molecule has 2 amide bonds. The first-order chi connectivity index (χ1) is 17.8. The van der Waals surface area contributed by atoms with Gasteiger partial charge in [-0.3, -0.25) is 9.59 Å². The van der Waals surface area contributed by atoms with Crippen molar-refractivity contribution in [3.63, 3.8) is 0 Å². The molecule has 8 nitrogen and oxygen atoms in total. The van der Waals surface area contributed by atoms with Crippen molar-refractivity contribution in [1.29, 1.82) is 0 Å². The van der Waals surface area contributed by atoms with Crippen LogP contribution in [0.4, 0.5) is 0 Å². The molecule has 0 spiro atoms. The van der Waals surface area contributed by atoms with Crippen LogP contribution in [-0.2, 0) is 17.3 Å². The molecule has 0 saturated carbocycles. The highest BCUT2D eigenvalue weighted by Gasteiger charge is 2.24. The van der Waals surface area contributed by atoms with Crippen LogP contribution >= 0.6 is 69.6 Å². The number of halogens is 6. The first kappa shape index (κ1) is 29.8. The zero-order chi connectivity index (χ0) is 28.1. The SMILES string of the molecule is O=C(NOC(=O)c1ccc(C(Cl)(Cl)Cl)cc1)c1ccc(C(=O)NOC(=O)c2ccc(C(Cl)(Cl)Cl)cc2)cc1. The largest absolute Gasteiger partial charge is 0.362 e. The van der Waals surface area contributed by atoms with Crippen molar-refractivity contribution in [2.75, 3.05) is 0 Å². The minimum atomic E-state index is -1.65. The van der Waals surface area contributed by atoms with Gasteiger partial charge in [0.15, 0.2) is 0 Å². The zero-order valence-corrected chi connectivity index (χ0v) is 23.2. The fourth-order valence-corrected chi connectivity index (χ4v) is 3.54. The van der Waals surface area contributed by atoms with Gasteiger partial charge in [0.05, 0.1) is 11.1 Å². The van der Waals surface area contributed by atoms with Gasteiger partial charge >= 0.3 is 11.9 Å². The molecule has 198 valence electrons. The van der Waals surface area contributed by atoms with E-state index < -0.39 is 31.3 Å². The number of hydroxylamine groups is 2. The van der Waals surface area contributed by atoms with Crippen molar-refractivity contribution in [3.8, 4) is 0 Å². The predicted molar refractivity (Wildman–Crippen MR) is 144 cm³/mol. The number of nitrogens with one attached hydrogen (secondary N) is 2. The Kier molecular flexibility index (Phi) is 9.75. The molecule has 0 aliphatic carbocycles. The van der Waals surface area contributed by atoms with Crippen molar-refractivity contribution in [2.45, 2.75) is 7.59 Å². The molecule has 38 heavy (non-hydrogen) atoms. The van der Waals surface area contributed by atoms with Crippen LogP contribution < -0.4 is 11.0 Å². The second-order valence-corrected chi connectivity index (χ2v) is 11.9. The summed E-state index contributed by atoms with van der Waals surface area (Å²) in [5.74, 6) is -3.22. The molecular weight excluding hydrogens is 625 g/mol. The number of hydrogen-bond donors (Lipinski definition) is 2. The molecule has 0 heterocycles. The number of rotatable bonds is 4. The van der Waals surface area contributed by atoms with Crippen LogP contribution in [0.15, 0.2) is 72.8 Å². The predicted octanol–water partition coefficient (Wildman–Crippen LogP) is 6.34. The summed E-state index contributed by atoms with van der Waals surface area (Å²) in [5.41, 5.74) is 5.05. The third-order valence-electron chi connectivity index (χ3n) is 4.78. The van der Waals surface area contributed by atoms with E-state index in [9.17, 15) is 19.2 Å². The van der Waals surface area contributed by atoms with E-state index >= 15 is 0 Å². The highest BCUT2D eigenvalue weighted by Crippen LogP contribution is 2.38. The molecule has 0 fully saturated rings. The number of alkyl halides is 6. The van der Waals surface area contributed by atoms with Crippen LogP contribution in [0.25, 0.3) is 0 Å². The van der Waals surface area contributed by atoms with Crippen LogP contribution in [0, 0.1) is 0 Å². The number of hydrogen-bond acceptors (Lipinski definition) is 6. The number of carbonyl (C=O) groups is 4. The Balaban J connectivity index is 1.50. The lowest BCUT2D eigenvalue weighted by Crippen LogP contribution is -2.28. The molecule has 2 N–H and O–H groups in total. The first-order valence-electron chi connectivity index (χ1n) is 10.2. The van der Waals surface area contributed by atoms with E-state index in [0.29, 0.717) is 11.1 Å². The lowest BCUT2D eigenvalue weighted by molar-refractivity contribution is 0.0227. The van der Waals surface area contributed by atoms with Gasteiger partial charge in [-0.25, -0.2) is 9.59 Å². The van der Waals surface area contributed by atoms with E-state index in [-0.39, 0.29) is 22.3 Å². The Morgan fingerprint density at radius 1 is 0.474 bits per heavy atom. The van der Waals surface area contributed by atoms with Gasteiger partial charge in [0.25, 0.3) is 11.8 Å². The fraction of sp³-hybridized carbons (Fsp3) is 0.0833. The smallest absolute Gasteiger partial charge is 0.335 e. The second-order valence-electron chi connectivity index (χ2n) is 7.37.